The molecule has 7 heteroatoms. The highest BCUT2D eigenvalue weighted by molar-refractivity contribution is 7.90. The van der Waals surface area contributed by atoms with Crippen molar-refractivity contribution in [2.24, 2.45) is 0 Å². The Balaban J connectivity index is 2.18. The molecular formula is C19H19NO5S. The van der Waals surface area contributed by atoms with Crippen LogP contribution in [0.1, 0.15) is 17.2 Å². The number of nitrogens with zero attached hydrogens (tertiary/aromatic N) is 1. The zero-order chi connectivity index (χ0) is 18.9. The molecule has 1 heterocycles. The number of aliphatic hydroxyl groups excluding tert-OH is 1. The zero-order valence-corrected chi connectivity index (χ0v) is 15.4. The van der Waals surface area contributed by atoms with Gasteiger partial charge in [0.15, 0.2) is 14.9 Å². The highest BCUT2D eigenvalue weighted by Gasteiger charge is 2.20. The fourth-order valence-electron chi connectivity index (χ4n) is 2.81. The lowest BCUT2D eigenvalue weighted by Gasteiger charge is -2.18. The first-order valence-corrected chi connectivity index (χ1v) is 9.74. The van der Waals surface area contributed by atoms with Crippen molar-refractivity contribution in [2.75, 3.05) is 20.5 Å². The van der Waals surface area contributed by atoms with Gasteiger partial charge < -0.3 is 14.6 Å². The Morgan fingerprint density at radius 3 is 2.23 bits per heavy atom. The number of hydrogen-bond donors (Lipinski definition) is 1. The number of fused-ring (bicyclic) bond motifs is 1. The quantitative estimate of drug-likeness (QED) is 0.740. The maximum Gasteiger partial charge on any atom is 0.192 e. The van der Waals surface area contributed by atoms with Crippen LogP contribution in [0.2, 0.25) is 0 Å². The molecule has 2 aromatic carbocycles. The fourth-order valence-corrected chi connectivity index (χ4v) is 3.39. The summed E-state index contributed by atoms with van der Waals surface area (Å²) >= 11 is 0. The number of pyridine rings is 1. The molecule has 0 aliphatic rings. The van der Waals surface area contributed by atoms with Crippen LogP contribution in [0.4, 0.5) is 0 Å². The predicted octanol–water partition coefficient (Wildman–Crippen LogP) is 2.74. The minimum absolute atomic E-state index is 0.0138. The summed E-state index contributed by atoms with van der Waals surface area (Å²) < 4.78 is 34.1. The number of aliphatic hydroxyl groups is 1. The number of rotatable bonds is 5. The van der Waals surface area contributed by atoms with Gasteiger partial charge in [0.2, 0.25) is 0 Å². The summed E-state index contributed by atoms with van der Waals surface area (Å²) in [5.74, 6) is 1.18. The summed E-state index contributed by atoms with van der Waals surface area (Å²) in [6.45, 7) is 0. The summed E-state index contributed by atoms with van der Waals surface area (Å²) in [6, 6.07) is 13.5. The van der Waals surface area contributed by atoms with Crippen molar-refractivity contribution < 1.29 is 23.0 Å². The Morgan fingerprint density at radius 2 is 1.65 bits per heavy atom. The number of ether oxygens (including phenoxy) is 2. The monoisotopic (exact) mass is 373 g/mol. The second-order valence-corrected chi connectivity index (χ2v) is 7.81. The summed E-state index contributed by atoms with van der Waals surface area (Å²) in [6.07, 6.45) is 0.142. The average Bonchev–Trinajstić information content (AvgIpc) is 2.65. The van der Waals surface area contributed by atoms with Gasteiger partial charge in [-0.15, -0.1) is 0 Å². The maximum absolute atomic E-state index is 11.8. The van der Waals surface area contributed by atoms with E-state index in [1.54, 1.807) is 49.6 Å². The second-order valence-electron chi connectivity index (χ2n) is 5.85. The summed E-state index contributed by atoms with van der Waals surface area (Å²) in [5.41, 5.74) is 1.66. The molecule has 0 saturated heterocycles. The van der Waals surface area contributed by atoms with E-state index in [2.05, 4.69) is 4.98 Å². The van der Waals surface area contributed by atoms with E-state index in [-0.39, 0.29) is 5.03 Å². The van der Waals surface area contributed by atoms with Gasteiger partial charge in [-0.05, 0) is 42.0 Å². The molecular weight excluding hydrogens is 354 g/mol. The van der Waals surface area contributed by atoms with Gasteiger partial charge in [0.05, 0.1) is 19.7 Å². The molecule has 0 aliphatic carbocycles. The van der Waals surface area contributed by atoms with E-state index in [1.807, 2.05) is 0 Å². The van der Waals surface area contributed by atoms with E-state index in [0.717, 1.165) is 6.26 Å². The van der Waals surface area contributed by atoms with Gasteiger partial charge in [0, 0.05) is 17.2 Å². The van der Waals surface area contributed by atoms with Crippen molar-refractivity contribution in [3.63, 3.8) is 0 Å². The summed E-state index contributed by atoms with van der Waals surface area (Å²) in [7, 11) is -0.331. The predicted molar refractivity (Wildman–Crippen MR) is 98.5 cm³/mol. The molecule has 3 rings (SSSR count). The normalized spacial score (nSPS) is 12.8. The Kier molecular flexibility index (Phi) is 4.84. The largest absolute Gasteiger partial charge is 0.497 e. The van der Waals surface area contributed by atoms with Crippen molar-refractivity contribution in [2.45, 2.75) is 11.1 Å². The van der Waals surface area contributed by atoms with Crippen molar-refractivity contribution in [1.82, 2.24) is 4.98 Å². The molecule has 0 radical (unpaired) electrons. The molecule has 0 saturated carbocycles. The maximum atomic E-state index is 11.8. The Morgan fingerprint density at radius 1 is 0.962 bits per heavy atom. The molecule has 0 amide bonds. The van der Waals surface area contributed by atoms with E-state index >= 15 is 0 Å². The van der Waals surface area contributed by atoms with Crippen molar-refractivity contribution in [1.29, 1.82) is 0 Å². The van der Waals surface area contributed by atoms with E-state index in [1.165, 1.54) is 13.2 Å². The second kappa shape index (κ2) is 6.93. The van der Waals surface area contributed by atoms with Gasteiger partial charge in [-0.3, -0.25) is 0 Å². The SMILES string of the molecule is COc1ccc(C(O)c2c(OC)ccc3nc(S(C)(=O)=O)ccc23)cc1. The standard InChI is InChI=1S/C19H19NO5S/c1-24-13-6-4-12(5-7-13)19(21)18-14-8-11-17(26(3,22)23)20-15(14)9-10-16(18)25-2/h4-11,19,21H,1-3H3. The Labute approximate surface area is 151 Å². The molecule has 6 nitrogen and oxygen atoms in total. The number of hydrogen-bond acceptors (Lipinski definition) is 6. The average molecular weight is 373 g/mol. The number of methoxy groups -OCH3 is 2. The topological polar surface area (TPSA) is 85.7 Å². The minimum Gasteiger partial charge on any atom is -0.497 e. The molecule has 1 unspecified atom stereocenters. The first-order chi connectivity index (χ1) is 12.3. The van der Waals surface area contributed by atoms with Crippen molar-refractivity contribution in [3.05, 3.63) is 59.7 Å². The first kappa shape index (κ1) is 18.2. The molecule has 0 fully saturated rings. The van der Waals surface area contributed by atoms with Crippen LogP contribution >= 0.6 is 0 Å². The molecule has 1 N–H and O–H groups in total. The Bertz CT molecular complexity index is 1050. The van der Waals surface area contributed by atoms with Crippen LogP contribution in [0.5, 0.6) is 11.5 Å². The molecule has 0 bridgehead atoms. The van der Waals surface area contributed by atoms with Crippen LogP contribution < -0.4 is 9.47 Å². The number of sulfone groups is 1. The van der Waals surface area contributed by atoms with Crippen LogP contribution in [-0.4, -0.2) is 39.0 Å². The lowest BCUT2D eigenvalue weighted by molar-refractivity contribution is 0.216. The van der Waals surface area contributed by atoms with Crippen molar-refractivity contribution in [3.8, 4) is 11.5 Å². The van der Waals surface area contributed by atoms with Gasteiger partial charge >= 0.3 is 0 Å². The first-order valence-electron chi connectivity index (χ1n) is 7.85. The van der Waals surface area contributed by atoms with E-state index in [0.29, 0.717) is 33.5 Å². The third-order valence-electron chi connectivity index (χ3n) is 4.15. The molecule has 26 heavy (non-hydrogen) atoms. The fraction of sp³-hybridized carbons (Fsp3) is 0.211. The van der Waals surface area contributed by atoms with Crippen molar-refractivity contribution >= 4 is 20.7 Å². The highest BCUT2D eigenvalue weighted by Crippen LogP contribution is 2.36. The van der Waals surface area contributed by atoms with Crippen LogP contribution in [-0.2, 0) is 9.84 Å². The van der Waals surface area contributed by atoms with Crippen LogP contribution in [0, 0.1) is 0 Å². The van der Waals surface area contributed by atoms with Gasteiger partial charge in [-0.25, -0.2) is 13.4 Å². The lowest BCUT2D eigenvalue weighted by atomic mass is 9.96. The molecule has 1 atom stereocenters. The van der Waals surface area contributed by atoms with E-state index in [4.69, 9.17) is 9.47 Å². The third kappa shape index (κ3) is 3.36. The molecule has 1 aromatic heterocycles. The number of benzene rings is 2. The van der Waals surface area contributed by atoms with Gasteiger partial charge in [-0.2, -0.15) is 0 Å². The van der Waals surface area contributed by atoms with Gasteiger partial charge in [0.1, 0.15) is 17.6 Å². The third-order valence-corrected chi connectivity index (χ3v) is 5.14. The molecule has 0 aliphatic heterocycles. The molecule has 3 aromatic rings. The molecule has 136 valence electrons. The summed E-state index contributed by atoms with van der Waals surface area (Å²) in [4.78, 5) is 4.21. The smallest absolute Gasteiger partial charge is 0.192 e. The highest BCUT2D eigenvalue weighted by atomic mass is 32.2. The van der Waals surface area contributed by atoms with Gasteiger partial charge in [0.25, 0.3) is 0 Å². The van der Waals surface area contributed by atoms with Crippen LogP contribution in [0.3, 0.4) is 0 Å². The Hall–Kier alpha value is -2.64. The molecule has 0 spiro atoms. The van der Waals surface area contributed by atoms with E-state index in [9.17, 15) is 13.5 Å². The summed E-state index contributed by atoms with van der Waals surface area (Å²) in [5, 5.41) is 11.5. The van der Waals surface area contributed by atoms with Crippen LogP contribution in [0.25, 0.3) is 10.9 Å². The van der Waals surface area contributed by atoms with Gasteiger partial charge in [-0.1, -0.05) is 12.1 Å². The number of aromatic nitrogens is 1. The lowest BCUT2D eigenvalue weighted by Crippen LogP contribution is -2.06. The van der Waals surface area contributed by atoms with Crippen LogP contribution in [0.15, 0.2) is 53.6 Å². The minimum atomic E-state index is -3.42. The van der Waals surface area contributed by atoms with E-state index < -0.39 is 15.9 Å². The zero-order valence-electron chi connectivity index (χ0n) is 14.6.